The van der Waals surface area contributed by atoms with Crippen molar-refractivity contribution in [3.05, 3.63) is 48.5 Å². The van der Waals surface area contributed by atoms with Crippen molar-refractivity contribution in [3.63, 3.8) is 0 Å². The number of nitrogens with one attached hydrogen (secondary N) is 2. The van der Waals surface area contributed by atoms with Crippen molar-refractivity contribution >= 4 is 34.2 Å². The first-order chi connectivity index (χ1) is 12.3. The minimum absolute atomic E-state index is 0.0547. The van der Waals surface area contributed by atoms with E-state index < -0.39 is 5.41 Å². The Kier molecular flexibility index (Phi) is 4.71. The van der Waals surface area contributed by atoms with Gasteiger partial charge < -0.3 is 10.6 Å². The summed E-state index contributed by atoms with van der Waals surface area (Å²) >= 11 is 0. The molecule has 3 aromatic rings. The molecule has 0 aliphatic rings. The Hall–Kier alpha value is -3.22. The number of carbonyl (C=O) groups is 2. The second-order valence-corrected chi connectivity index (χ2v) is 7.07. The first-order valence-electron chi connectivity index (χ1n) is 8.32. The van der Waals surface area contributed by atoms with Crippen LogP contribution in [0, 0.1) is 5.41 Å². The zero-order valence-corrected chi connectivity index (χ0v) is 15.0. The van der Waals surface area contributed by atoms with E-state index in [1.807, 2.05) is 45.0 Å². The van der Waals surface area contributed by atoms with Crippen molar-refractivity contribution < 1.29 is 9.59 Å². The molecule has 0 fully saturated rings. The van der Waals surface area contributed by atoms with Gasteiger partial charge in [0.25, 0.3) is 0 Å². The van der Waals surface area contributed by atoms with Crippen LogP contribution in [0.2, 0.25) is 0 Å². The molecule has 0 aliphatic carbocycles. The molecule has 7 nitrogen and oxygen atoms in total. The van der Waals surface area contributed by atoms with Crippen LogP contribution in [-0.2, 0) is 16.1 Å². The Morgan fingerprint density at radius 3 is 2.42 bits per heavy atom. The smallest absolute Gasteiger partial charge is 0.246 e. The zero-order valence-electron chi connectivity index (χ0n) is 15.0. The molecule has 2 amide bonds. The van der Waals surface area contributed by atoms with Gasteiger partial charge in [-0.3, -0.25) is 9.59 Å². The third-order valence-electron chi connectivity index (χ3n) is 3.80. The van der Waals surface area contributed by atoms with Crippen LogP contribution in [0.25, 0.3) is 11.0 Å². The topological polar surface area (TPSA) is 88.9 Å². The molecular weight excluding hydrogens is 330 g/mol. The monoisotopic (exact) mass is 351 g/mol. The first-order valence-corrected chi connectivity index (χ1v) is 8.32. The van der Waals surface area contributed by atoms with Crippen molar-refractivity contribution in [2.75, 3.05) is 10.6 Å². The number of hydrogen-bond donors (Lipinski definition) is 2. The summed E-state index contributed by atoms with van der Waals surface area (Å²) in [5.74, 6) is -0.310. The normalized spacial score (nSPS) is 11.3. The molecule has 0 bridgehead atoms. The number of carbonyl (C=O) groups excluding carboxylic acids is 2. The van der Waals surface area contributed by atoms with Crippen LogP contribution in [0.5, 0.6) is 0 Å². The molecule has 1 heterocycles. The maximum atomic E-state index is 12.3. The Morgan fingerprint density at radius 1 is 1.00 bits per heavy atom. The van der Waals surface area contributed by atoms with E-state index >= 15 is 0 Å². The summed E-state index contributed by atoms with van der Waals surface area (Å²) in [6.45, 7) is 5.59. The lowest BCUT2D eigenvalue weighted by molar-refractivity contribution is -0.123. The maximum Gasteiger partial charge on any atom is 0.246 e. The summed E-state index contributed by atoms with van der Waals surface area (Å²) in [4.78, 5) is 24.4. The van der Waals surface area contributed by atoms with Crippen molar-refractivity contribution in [2.45, 2.75) is 27.3 Å². The molecule has 7 heteroatoms. The predicted molar refractivity (Wildman–Crippen MR) is 101 cm³/mol. The lowest BCUT2D eigenvalue weighted by Gasteiger charge is -2.18. The zero-order chi connectivity index (χ0) is 18.7. The fourth-order valence-electron chi connectivity index (χ4n) is 2.36. The van der Waals surface area contributed by atoms with Crippen LogP contribution in [0.1, 0.15) is 20.8 Å². The first kappa shape index (κ1) is 17.6. The number of benzene rings is 2. The Labute approximate surface area is 151 Å². The summed E-state index contributed by atoms with van der Waals surface area (Å²) in [5, 5.41) is 13.7. The van der Waals surface area contributed by atoms with Crippen LogP contribution in [0.3, 0.4) is 0 Å². The van der Waals surface area contributed by atoms with E-state index in [2.05, 4.69) is 20.9 Å². The van der Waals surface area contributed by atoms with E-state index in [1.54, 1.807) is 28.9 Å². The fourth-order valence-corrected chi connectivity index (χ4v) is 2.36. The highest BCUT2D eigenvalue weighted by atomic mass is 16.2. The minimum Gasteiger partial charge on any atom is -0.326 e. The Bertz CT molecular complexity index is 956. The number of anilines is 2. The highest BCUT2D eigenvalue weighted by Gasteiger charge is 2.21. The van der Waals surface area contributed by atoms with Crippen molar-refractivity contribution in [2.24, 2.45) is 5.41 Å². The summed E-state index contributed by atoms with van der Waals surface area (Å²) in [7, 11) is 0. The molecule has 0 radical (unpaired) electrons. The SMILES string of the molecule is CC(C)(C)C(=O)Nc1cccc(NC(=O)Cn2nnc3ccccc32)c1. The summed E-state index contributed by atoms with van der Waals surface area (Å²) in [6.07, 6.45) is 0. The quantitative estimate of drug-likeness (QED) is 0.756. The van der Waals surface area contributed by atoms with Gasteiger partial charge in [-0.25, -0.2) is 4.68 Å². The van der Waals surface area contributed by atoms with Crippen LogP contribution < -0.4 is 10.6 Å². The Morgan fingerprint density at radius 2 is 1.69 bits per heavy atom. The average molecular weight is 351 g/mol. The maximum absolute atomic E-state index is 12.3. The molecule has 0 atom stereocenters. The van der Waals surface area contributed by atoms with Crippen LogP contribution in [-0.4, -0.2) is 26.8 Å². The molecule has 0 aliphatic heterocycles. The molecule has 0 spiro atoms. The third-order valence-corrected chi connectivity index (χ3v) is 3.80. The minimum atomic E-state index is -0.493. The fraction of sp³-hybridized carbons (Fsp3) is 0.263. The summed E-state index contributed by atoms with van der Waals surface area (Å²) in [5.41, 5.74) is 2.29. The van der Waals surface area contributed by atoms with Crippen LogP contribution >= 0.6 is 0 Å². The van der Waals surface area contributed by atoms with Gasteiger partial charge in [-0.05, 0) is 30.3 Å². The number of rotatable bonds is 4. The predicted octanol–water partition coefficient (Wildman–Crippen LogP) is 3.05. The highest BCUT2D eigenvalue weighted by Crippen LogP contribution is 2.20. The van der Waals surface area contributed by atoms with Gasteiger partial charge in [0.1, 0.15) is 12.1 Å². The molecule has 2 aromatic carbocycles. The molecule has 0 unspecified atom stereocenters. The lowest BCUT2D eigenvalue weighted by Crippen LogP contribution is -2.27. The van der Waals surface area contributed by atoms with E-state index in [9.17, 15) is 9.59 Å². The van der Waals surface area contributed by atoms with Gasteiger partial charge in [-0.15, -0.1) is 5.10 Å². The molecule has 26 heavy (non-hydrogen) atoms. The van der Waals surface area contributed by atoms with Crippen molar-refractivity contribution in [1.82, 2.24) is 15.0 Å². The molecule has 3 rings (SSSR count). The van der Waals surface area contributed by atoms with Crippen molar-refractivity contribution in [1.29, 1.82) is 0 Å². The number of aromatic nitrogens is 3. The number of amides is 2. The number of fused-ring (bicyclic) bond motifs is 1. The van der Waals surface area contributed by atoms with Gasteiger partial charge in [-0.2, -0.15) is 0 Å². The molecule has 0 saturated heterocycles. The molecule has 1 aromatic heterocycles. The van der Waals surface area contributed by atoms with Gasteiger partial charge >= 0.3 is 0 Å². The second-order valence-electron chi connectivity index (χ2n) is 7.07. The largest absolute Gasteiger partial charge is 0.326 e. The van der Waals surface area contributed by atoms with Crippen LogP contribution in [0.4, 0.5) is 11.4 Å². The molecule has 2 N–H and O–H groups in total. The highest BCUT2D eigenvalue weighted by molar-refractivity contribution is 5.96. The molecule has 0 saturated carbocycles. The van der Waals surface area contributed by atoms with Gasteiger partial charge in [0, 0.05) is 16.8 Å². The van der Waals surface area contributed by atoms with E-state index in [4.69, 9.17) is 0 Å². The van der Waals surface area contributed by atoms with E-state index in [0.717, 1.165) is 11.0 Å². The number of nitrogens with zero attached hydrogens (tertiary/aromatic N) is 3. The summed E-state index contributed by atoms with van der Waals surface area (Å²) in [6, 6.07) is 14.5. The summed E-state index contributed by atoms with van der Waals surface area (Å²) < 4.78 is 1.55. The van der Waals surface area contributed by atoms with Gasteiger partial charge in [0.2, 0.25) is 11.8 Å². The van der Waals surface area contributed by atoms with E-state index in [1.165, 1.54) is 0 Å². The van der Waals surface area contributed by atoms with E-state index in [-0.39, 0.29) is 18.4 Å². The number of hydrogen-bond acceptors (Lipinski definition) is 4. The average Bonchev–Trinajstić information content (AvgIpc) is 2.97. The number of para-hydroxylation sites is 1. The second kappa shape index (κ2) is 6.95. The molecule has 134 valence electrons. The molecular formula is C19H21N5O2. The van der Waals surface area contributed by atoms with Crippen LogP contribution in [0.15, 0.2) is 48.5 Å². The third kappa shape index (κ3) is 4.05. The van der Waals surface area contributed by atoms with Gasteiger partial charge in [0.15, 0.2) is 0 Å². The van der Waals surface area contributed by atoms with Gasteiger partial charge in [0.05, 0.1) is 5.52 Å². The van der Waals surface area contributed by atoms with Gasteiger partial charge in [-0.1, -0.05) is 44.2 Å². The van der Waals surface area contributed by atoms with E-state index in [0.29, 0.717) is 11.4 Å². The van der Waals surface area contributed by atoms with Crippen molar-refractivity contribution in [3.8, 4) is 0 Å². The standard InChI is InChI=1S/C19H21N5O2/c1-19(2,3)18(26)21-14-8-6-7-13(11-14)20-17(25)12-24-16-10-5-4-9-15(16)22-23-24/h4-11H,12H2,1-3H3,(H,20,25)(H,21,26). The Balaban J connectivity index is 1.68. The lowest BCUT2D eigenvalue weighted by atomic mass is 9.95.